The molecule has 18 heavy (non-hydrogen) atoms. The highest BCUT2D eigenvalue weighted by Gasteiger charge is 2.19. The van der Waals surface area contributed by atoms with Gasteiger partial charge in [-0.2, -0.15) is 0 Å². The Labute approximate surface area is 111 Å². The minimum Gasteiger partial charge on any atom is -0.381 e. The third kappa shape index (κ3) is 3.11. The van der Waals surface area contributed by atoms with Gasteiger partial charge in [-0.3, -0.25) is 4.79 Å². The summed E-state index contributed by atoms with van der Waals surface area (Å²) in [5.41, 5.74) is 0.447. The van der Waals surface area contributed by atoms with Crippen LogP contribution in [0.1, 0.15) is 23.2 Å². The molecule has 0 aromatic carbocycles. The fourth-order valence-electron chi connectivity index (χ4n) is 1.85. The van der Waals surface area contributed by atoms with Crippen molar-refractivity contribution < 1.29 is 9.53 Å². The maximum atomic E-state index is 12.1. The molecular weight excluding hydrogens is 254 g/mol. The molecule has 2 rings (SSSR count). The highest BCUT2D eigenvalue weighted by molar-refractivity contribution is 6.33. The predicted molar refractivity (Wildman–Crippen MR) is 70.1 cm³/mol. The summed E-state index contributed by atoms with van der Waals surface area (Å²) >= 11 is 5.99. The van der Waals surface area contributed by atoms with E-state index in [-0.39, 0.29) is 11.9 Å². The number of hydrogen-bond donors (Lipinski definition) is 2. The number of anilines is 1. The lowest BCUT2D eigenvalue weighted by Gasteiger charge is -2.23. The van der Waals surface area contributed by atoms with Gasteiger partial charge in [0.1, 0.15) is 5.82 Å². The maximum Gasteiger partial charge on any atom is 0.253 e. The van der Waals surface area contributed by atoms with Crippen LogP contribution in [0.4, 0.5) is 5.82 Å². The molecule has 0 saturated carbocycles. The Hall–Kier alpha value is -1.33. The van der Waals surface area contributed by atoms with E-state index in [1.165, 1.54) is 6.20 Å². The van der Waals surface area contributed by atoms with E-state index in [4.69, 9.17) is 16.3 Å². The van der Waals surface area contributed by atoms with E-state index in [0.717, 1.165) is 12.8 Å². The molecule has 2 N–H and O–H groups in total. The number of carbonyl (C=O) groups is 1. The molecule has 1 aromatic heterocycles. The summed E-state index contributed by atoms with van der Waals surface area (Å²) in [4.78, 5) is 16.2. The lowest BCUT2D eigenvalue weighted by atomic mass is 10.1. The molecule has 1 saturated heterocycles. The van der Waals surface area contributed by atoms with Crippen molar-refractivity contribution in [2.75, 3.05) is 25.6 Å². The van der Waals surface area contributed by atoms with Crippen molar-refractivity contribution in [3.05, 3.63) is 22.8 Å². The second-order valence-corrected chi connectivity index (χ2v) is 4.57. The van der Waals surface area contributed by atoms with Crippen LogP contribution in [-0.4, -0.2) is 37.2 Å². The summed E-state index contributed by atoms with van der Waals surface area (Å²) in [6, 6.07) is 1.81. The lowest BCUT2D eigenvalue weighted by molar-refractivity contribution is 0.0696. The second kappa shape index (κ2) is 6.02. The van der Waals surface area contributed by atoms with Gasteiger partial charge in [-0.1, -0.05) is 11.6 Å². The minimum absolute atomic E-state index is 0.161. The first-order valence-electron chi connectivity index (χ1n) is 5.92. The normalized spacial score (nSPS) is 16.3. The Morgan fingerprint density at radius 1 is 1.50 bits per heavy atom. The second-order valence-electron chi connectivity index (χ2n) is 4.16. The molecule has 2 heterocycles. The Kier molecular flexibility index (Phi) is 4.38. The van der Waals surface area contributed by atoms with Gasteiger partial charge in [0.25, 0.3) is 5.91 Å². The maximum absolute atomic E-state index is 12.1. The van der Waals surface area contributed by atoms with Crippen molar-refractivity contribution in [3.8, 4) is 0 Å². The number of hydrogen-bond acceptors (Lipinski definition) is 4. The summed E-state index contributed by atoms with van der Waals surface area (Å²) < 4.78 is 5.25. The third-order valence-corrected chi connectivity index (χ3v) is 3.21. The van der Waals surface area contributed by atoms with Crippen LogP contribution in [-0.2, 0) is 4.74 Å². The van der Waals surface area contributed by atoms with Gasteiger partial charge in [-0.25, -0.2) is 4.98 Å². The number of pyridine rings is 1. The van der Waals surface area contributed by atoms with Gasteiger partial charge < -0.3 is 15.4 Å². The first-order chi connectivity index (χ1) is 8.70. The zero-order valence-corrected chi connectivity index (χ0v) is 11.0. The first-order valence-corrected chi connectivity index (χ1v) is 6.30. The molecule has 0 aliphatic carbocycles. The third-order valence-electron chi connectivity index (χ3n) is 2.91. The molecule has 1 aromatic rings. The number of halogens is 1. The molecule has 0 bridgehead atoms. The van der Waals surface area contributed by atoms with Gasteiger partial charge in [0, 0.05) is 32.5 Å². The number of nitrogens with zero attached hydrogens (tertiary/aromatic N) is 1. The number of carbonyl (C=O) groups excluding carboxylic acids is 1. The number of amides is 1. The quantitative estimate of drug-likeness (QED) is 0.876. The molecule has 98 valence electrons. The van der Waals surface area contributed by atoms with Crippen LogP contribution in [0.15, 0.2) is 12.3 Å². The van der Waals surface area contributed by atoms with Crippen molar-refractivity contribution in [3.63, 3.8) is 0 Å². The molecule has 0 atom stereocenters. The highest BCUT2D eigenvalue weighted by atomic mass is 35.5. The van der Waals surface area contributed by atoms with Gasteiger partial charge in [0.2, 0.25) is 0 Å². The van der Waals surface area contributed by atoms with E-state index in [2.05, 4.69) is 15.6 Å². The van der Waals surface area contributed by atoms with Gasteiger partial charge in [-0.15, -0.1) is 0 Å². The van der Waals surface area contributed by atoms with Crippen LogP contribution in [0.3, 0.4) is 0 Å². The topological polar surface area (TPSA) is 63.2 Å². The summed E-state index contributed by atoms with van der Waals surface area (Å²) in [5.74, 6) is 0.460. The number of nitrogens with one attached hydrogen (secondary N) is 2. The fourth-order valence-corrected chi connectivity index (χ4v) is 2.04. The van der Waals surface area contributed by atoms with E-state index >= 15 is 0 Å². The summed E-state index contributed by atoms with van der Waals surface area (Å²) in [6.07, 6.45) is 3.16. The Morgan fingerprint density at radius 3 is 2.89 bits per heavy atom. The van der Waals surface area contributed by atoms with Gasteiger partial charge in [-0.05, 0) is 18.9 Å². The van der Waals surface area contributed by atoms with Crippen LogP contribution in [0, 0.1) is 0 Å². The average molecular weight is 270 g/mol. The molecule has 0 radical (unpaired) electrons. The molecule has 0 unspecified atom stereocenters. The fraction of sp³-hybridized carbons (Fsp3) is 0.500. The number of rotatable bonds is 3. The molecular formula is C12H16ClN3O2. The van der Waals surface area contributed by atoms with Crippen molar-refractivity contribution >= 4 is 23.3 Å². The Morgan fingerprint density at radius 2 is 2.22 bits per heavy atom. The molecule has 0 spiro atoms. The van der Waals surface area contributed by atoms with Crippen LogP contribution in [0.2, 0.25) is 5.02 Å². The number of aromatic nitrogens is 1. The zero-order chi connectivity index (χ0) is 13.0. The Bertz CT molecular complexity index is 433. The van der Waals surface area contributed by atoms with E-state index in [0.29, 0.717) is 29.6 Å². The monoisotopic (exact) mass is 269 g/mol. The highest BCUT2D eigenvalue weighted by Crippen LogP contribution is 2.18. The molecule has 1 aliphatic rings. The van der Waals surface area contributed by atoms with E-state index in [1.807, 2.05) is 0 Å². The van der Waals surface area contributed by atoms with Gasteiger partial charge >= 0.3 is 0 Å². The minimum atomic E-state index is -0.161. The van der Waals surface area contributed by atoms with Crippen molar-refractivity contribution in [1.82, 2.24) is 10.3 Å². The van der Waals surface area contributed by atoms with Crippen LogP contribution in [0.5, 0.6) is 0 Å². The van der Waals surface area contributed by atoms with Crippen molar-refractivity contribution in [2.24, 2.45) is 0 Å². The molecule has 5 nitrogen and oxygen atoms in total. The first kappa shape index (κ1) is 13.1. The standard InChI is InChI=1S/C12H16ClN3O2/c1-14-11-6-9(10(13)7-15-11)12(17)16-8-2-4-18-5-3-8/h6-8H,2-5H2,1H3,(H,14,15)(H,16,17). The summed E-state index contributed by atoms with van der Waals surface area (Å²) in [7, 11) is 1.75. The van der Waals surface area contributed by atoms with Crippen LogP contribution >= 0.6 is 11.6 Å². The average Bonchev–Trinajstić information content (AvgIpc) is 2.40. The lowest BCUT2D eigenvalue weighted by Crippen LogP contribution is -2.39. The van der Waals surface area contributed by atoms with E-state index in [9.17, 15) is 4.79 Å². The molecule has 1 fully saturated rings. The van der Waals surface area contributed by atoms with Crippen molar-refractivity contribution in [1.29, 1.82) is 0 Å². The predicted octanol–water partition coefficient (Wildman–Crippen LogP) is 1.69. The summed E-state index contributed by atoms with van der Waals surface area (Å²) in [6.45, 7) is 1.38. The van der Waals surface area contributed by atoms with Crippen LogP contribution in [0.25, 0.3) is 0 Å². The van der Waals surface area contributed by atoms with E-state index in [1.54, 1.807) is 13.1 Å². The molecule has 1 amide bonds. The summed E-state index contributed by atoms with van der Waals surface area (Å²) in [5, 5.41) is 6.21. The molecule has 1 aliphatic heterocycles. The van der Waals surface area contributed by atoms with Gasteiger partial charge in [0.05, 0.1) is 10.6 Å². The molecule has 6 heteroatoms. The van der Waals surface area contributed by atoms with Crippen LogP contribution < -0.4 is 10.6 Å². The SMILES string of the molecule is CNc1cc(C(=O)NC2CCOCC2)c(Cl)cn1. The number of ether oxygens (including phenoxy) is 1. The Balaban J connectivity index is 2.07. The van der Waals surface area contributed by atoms with Gasteiger partial charge in [0.15, 0.2) is 0 Å². The van der Waals surface area contributed by atoms with E-state index < -0.39 is 0 Å². The van der Waals surface area contributed by atoms with Crippen molar-refractivity contribution in [2.45, 2.75) is 18.9 Å². The smallest absolute Gasteiger partial charge is 0.253 e. The zero-order valence-electron chi connectivity index (χ0n) is 10.2. The largest absolute Gasteiger partial charge is 0.381 e.